The average Bonchev–Trinajstić information content (AvgIpc) is 3.08. The summed E-state index contributed by atoms with van der Waals surface area (Å²) in [4.78, 5) is 26.1. The van der Waals surface area contributed by atoms with Crippen molar-refractivity contribution in [1.29, 1.82) is 0 Å². The van der Waals surface area contributed by atoms with Crippen LogP contribution in [0.15, 0.2) is 34.7 Å². The first-order chi connectivity index (χ1) is 11.7. The molecule has 2 heterocycles. The zero-order valence-corrected chi connectivity index (χ0v) is 14.7. The number of piperidine rings is 1. The van der Waals surface area contributed by atoms with Crippen molar-refractivity contribution in [1.82, 2.24) is 15.1 Å². The summed E-state index contributed by atoms with van der Waals surface area (Å²) in [7, 11) is 0. The zero-order valence-electron chi connectivity index (χ0n) is 13.1. The minimum absolute atomic E-state index is 0.143. The van der Waals surface area contributed by atoms with Crippen LogP contribution < -0.4 is 5.32 Å². The van der Waals surface area contributed by atoms with Crippen molar-refractivity contribution in [2.45, 2.75) is 23.6 Å². The van der Waals surface area contributed by atoms with Crippen molar-refractivity contribution in [2.75, 3.05) is 24.2 Å². The molecule has 0 bridgehead atoms. The van der Waals surface area contributed by atoms with Crippen LogP contribution in [0.4, 0.5) is 5.13 Å². The first-order valence-electron chi connectivity index (χ1n) is 7.83. The Hall–Kier alpha value is -1.93. The van der Waals surface area contributed by atoms with Gasteiger partial charge >= 0.3 is 0 Å². The van der Waals surface area contributed by atoms with E-state index < -0.39 is 0 Å². The quantitative estimate of drug-likeness (QED) is 0.654. The average molecular weight is 362 g/mol. The van der Waals surface area contributed by atoms with Crippen LogP contribution in [0.25, 0.3) is 0 Å². The predicted octanol–water partition coefficient (Wildman–Crippen LogP) is 2.90. The normalized spacial score (nSPS) is 14.4. The molecule has 2 amide bonds. The van der Waals surface area contributed by atoms with Gasteiger partial charge in [0, 0.05) is 18.7 Å². The van der Waals surface area contributed by atoms with E-state index in [1.54, 1.807) is 12.1 Å². The van der Waals surface area contributed by atoms with Gasteiger partial charge in [-0.2, -0.15) is 0 Å². The first kappa shape index (κ1) is 16.9. The molecule has 1 aliphatic heterocycles. The highest BCUT2D eigenvalue weighted by atomic mass is 32.2. The molecule has 0 atom stereocenters. The van der Waals surface area contributed by atoms with Gasteiger partial charge in [0.15, 0.2) is 4.34 Å². The Balaban J connectivity index is 1.50. The fourth-order valence-electron chi connectivity index (χ4n) is 2.44. The van der Waals surface area contributed by atoms with Gasteiger partial charge in [-0.15, -0.1) is 10.2 Å². The highest BCUT2D eigenvalue weighted by molar-refractivity contribution is 8.01. The van der Waals surface area contributed by atoms with E-state index in [2.05, 4.69) is 15.5 Å². The number of hydrogen-bond acceptors (Lipinski definition) is 6. The van der Waals surface area contributed by atoms with Crippen LogP contribution in [0.3, 0.4) is 0 Å². The topological polar surface area (TPSA) is 75.2 Å². The number of rotatable bonds is 5. The van der Waals surface area contributed by atoms with E-state index in [-0.39, 0.29) is 11.8 Å². The number of nitrogens with one attached hydrogen (secondary N) is 1. The number of hydrogen-bond donors (Lipinski definition) is 1. The van der Waals surface area contributed by atoms with E-state index >= 15 is 0 Å². The summed E-state index contributed by atoms with van der Waals surface area (Å²) in [6, 6.07) is 8.95. The number of benzene rings is 1. The number of carbonyl (C=O) groups excluding carboxylic acids is 2. The maximum absolute atomic E-state index is 12.1. The molecule has 1 aliphatic rings. The van der Waals surface area contributed by atoms with E-state index in [9.17, 15) is 9.59 Å². The minimum Gasteiger partial charge on any atom is -0.342 e. The molecule has 24 heavy (non-hydrogen) atoms. The van der Waals surface area contributed by atoms with E-state index in [1.165, 1.54) is 29.5 Å². The first-order valence-corrected chi connectivity index (χ1v) is 9.63. The Morgan fingerprint density at radius 1 is 1.12 bits per heavy atom. The molecule has 8 heteroatoms. The smallest absolute Gasteiger partial charge is 0.257 e. The number of likely N-dealkylation sites (tertiary alicyclic amines) is 1. The van der Waals surface area contributed by atoms with Gasteiger partial charge in [0.1, 0.15) is 0 Å². The largest absolute Gasteiger partial charge is 0.342 e. The van der Waals surface area contributed by atoms with Gasteiger partial charge in [0.05, 0.1) is 5.75 Å². The van der Waals surface area contributed by atoms with E-state index in [1.807, 2.05) is 23.1 Å². The molecule has 6 nitrogen and oxygen atoms in total. The molecule has 0 radical (unpaired) electrons. The van der Waals surface area contributed by atoms with Crippen LogP contribution in [-0.2, 0) is 4.79 Å². The number of nitrogens with zero attached hydrogens (tertiary/aromatic N) is 3. The molecule has 3 rings (SSSR count). The SMILES string of the molecule is O=C(Nc1nnc(SCC(=O)N2CCCCC2)s1)c1ccccc1. The van der Waals surface area contributed by atoms with E-state index in [4.69, 9.17) is 0 Å². The van der Waals surface area contributed by atoms with Crippen molar-refractivity contribution in [3.63, 3.8) is 0 Å². The van der Waals surface area contributed by atoms with Crippen molar-refractivity contribution in [3.05, 3.63) is 35.9 Å². The maximum atomic E-state index is 12.1. The van der Waals surface area contributed by atoms with E-state index in [0.29, 0.717) is 20.8 Å². The van der Waals surface area contributed by atoms with Gasteiger partial charge in [0.25, 0.3) is 5.91 Å². The summed E-state index contributed by atoms with van der Waals surface area (Å²) in [5, 5.41) is 11.2. The van der Waals surface area contributed by atoms with Crippen LogP contribution in [0.1, 0.15) is 29.6 Å². The maximum Gasteiger partial charge on any atom is 0.257 e. The summed E-state index contributed by atoms with van der Waals surface area (Å²) in [6.45, 7) is 1.71. The van der Waals surface area contributed by atoms with Gasteiger partial charge in [-0.1, -0.05) is 41.3 Å². The Morgan fingerprint density at radius 2 is 1.88 bits per heavy atom. The molecule has 1 N–H and O–H groups in total. The minimum atomic E-state index is -0.215. The second-order valence-electron chi connectivity index (χ2n) is 5.42. The van der Waals surface area contributed by atoms with Gasteiger partial charge in [0.2, 0.25) is 11.0 Å². The number of carbonyl (C=O) groups is 2. The molecule has 126 valence electrons. The number of aromatic nitrogens is 2. The molecular formula is C16H18N4O2S2. The molecule has 0 unspecified atom stereocenters. The van der Waals surface area contributed by atoms with Crippen molar-refractivity contribution in [2.24, 2.45) is 0 Å². The molecule has 0 saturated carbocycles. The van der Waals surface area contributed by atoms with Crippen LogP contribution in [0.2, 0.25) is 0 Å². The molecule has 0 spiro atoms. The van der Waals surface area contributed by atoms with Gasteiger partial charge < -0.3 is 4.90 Å². The lowest BCUT2D eigenvalue weighted by Crippen LogP contribution is -2.36. The van der Waals surface area contributed by atoms with Gasteiger partial charge in [-0.05, 0) is 31.4 Å². The van der Waals surface area contributed by atoms with E-state index in [0.717, 1.165) is 25.9 Å². The molecule has 1 saturated heterocycles. The molecule has 1 aromatic heterocycles. The molecule has 0 aliphatic carbocycles. The molecule has 1 aromatic carbocycles. The second-order valence-corrected chi connectivity index (χ2v) is 7.62. The number of amides is 2. The number of thioether (sulfide) groups is 1. The molecule has 2 aromatic rings. The Morgan fingerprint density at radius 3 is 2.62 bits per heavy atom. The predicted molar refractivity (Wildman–Crippen MR) is 95.5 cm³/mol. The Bertz CT molecular complexity index is 699. The summed E-state index contributed by atoms with van der Waals surface area (Å²) in [6.07, 6.45) is 3.38. The monoisotopic (exact) mass is 362 g/mol. The van der Waals surface area contributed by atoms with Crippen molar-refractivity contribution >= 4 is 40.0 Å². The Labute approximate surface area is 148 Å². The lowest BCUT2D eigenvalue weighted by atomic mass is 10.1. The fraction of sp³-hybridized carbons (Fsp3) is 0.375. The van der Waals surface area contributed by atoms with Crippen molar-refractivity contribution < 1.29 is 9.59 Å². The lowest BCUT2D eigenvalue weighted by molar-refractivity contribution is -0.129. The van der Waals surface area contributed by atoms with Gasteiger partial charge in [-0.25, -0.2) is 0 Å². The number of anilines is 1. The Kier molecular flexibility index (Phi) is 5.81. The third-order valence-corrected chi connectivity index (χ3v) is 5.65. The van der Waals surface area contributed by atoms with Crippen molar-refractivity contribution in [3.8, 4) is 0 Å². The standard InChI is InChI=1S/C16H18N4O2S2/c21-13(20-9-5-2-6-10-20)11-23-16-19-18-15(24-16)17-14(22)12-7-3-1-4-8-12/h1,3-4,7-8H,2,5-6,9-11H2,(H,17,18,22). The van der Waals surface area contributed by atoms with Gasteiger partial charge in [-0.3, -0.25) is 14.9 Å². The van der Waals surface area contributed by atoms with Crippen LogP contribution >= 0.6 is 23.1 Å². The molecular weight excluding hydrogens is 344 g/mol. The fourth-order valence-corrected chi connectivity index (χ4v) is 4.09. The summed E-state index contributed by atoms with van der Waals surface area (Å²) < 4.78 is 0.684. The highest BCUT2D eigenvalue weighted by Gasteiger charge is 2.17. The van der Waals surface area contributed by atoms with Crippen LogP contribution in [0.5, 0.6) is 0 Å². The summed E-state index contributed by atoms with van der Waals surface area (Å²) in [5.41, 5.74) is 0.571. The lowest BCUT2D eigenvalue weighted by Gasteiger charge is -2.26. The summed E-state index contributed by atoms with van der Waals surface area (Å²) in [5.74, 6) is 0.291. The summed E-state index contributed by atoms with van der Waals surface area (Å²) >= 11 is 2.65. The zero-order chi connectivity index (χ0) is 16.8. The molecule has 1 fully saturated rings. The highest BCUT2D eigenvalue weighted by Crippen LogP contribution is 2.26. The second kappa shape index (κ2) is 8.25. The third kappa shape index (κ3) is 4.55. The third-order valence-electron chi connectivity index (χ3n) is 3.69. The van der Waals surface area contributed by atoms with Crippen LogP contribution in [0, 0.1) is 0 Å². The van der Waals surface area contributed by atoms with Crippen LogP contribution in [-0.4, -0.2) is 45.8 Å².